The lowest BCUT2D eigenvalue weighted by molar-refractivity contribution is -0.116. The first-order chi connectivity index (χ1) is 3.27. The maximum Gasteiger partial charge on any atom is 0.134 e. The molecule has 0 aromatic rings. The maximum atomic E-state index is 10.1. The number of Topliss-reactive ketones (excluding diaryl/α,β-unsaturated/α-hetero) is 1. The van der Waals surface area contributed by atoms with E-state index in [1.54, 1.807) is 6.08 Å². The van der Waals surface area contributed by atoms with Gasteiger partial charge >= 0.3 is 0 Å². The summed E-state index contributed by atoms with van der Waals surface area (Å²) in [7, 11) is 0. The van der Waals surface area contributed by atoms with E-state index in [2.05, 4.69) is 12.3 Å². The Morgan fingerprint density at radius 1 is 2.00 bits per heavy atom. The predicted molar refractivity (Wildman–Crippen MR) is 29.0 cm³/mol. The number of ketones is 1. The van der Waals surface area contributed by atoms with Crippen molar-refractivity contribution in [2.24, 2.45) is 0 Å². The molecule has 0 heterocycles. The summed E-state index contributed by atoms with van der Waals surface area (Å²) in [6.07, 6.45) is 2.08. The Bertz CT molecular complexity index is 107. The molecule has 0 saturated heterocycles. The highest BCUT2D eigenvalue weighted by Gasteiger charge is 1.81. The van der Waals surface area contributed by atoms with Gasteiger partial charge in [-0.1, -0.05) is 6.58 Å². The molecule has 0 amide bonds. The van der Waals surface area contributed by atoms with Gasteiger partial charge in [-0.3, -0.25) is 4.79 Å². The summed E-state index contributed by atoms with van der Waals surface area (Å²) in [6, 6.07) is 0. The second kappa shape index (κ2) is 3.38. The highest BCUT2D eigenvalue weighted by atomic mass is 16.1. The molecule has 0 aliphatic heterocycles. The SMILES string of the molecule is C=C=CCC(C)=O. The zero-order valence-corrected chi connectivity index (χ0v) is 4.40. The minimum atomic E-state index is 0.149. The second-order valence-electron chi connectivity index (χ2n) is 1.31. The van der Waals surface area contributed by atoms with Crippen molar-refractivity contribution in [3.63, 3.8) is 0 Å². The Morgan fingerprint density at radius 2 is 2.57 bits per heavy atom. The van der Waals surface area contributed by atoms with Gasteiger partial charge in [0.25, 0.3) is 0 Å². The smallest absolute Gasteiger partial charge is 0.134 e. The lowest BCUT2D eigenvalue weighted by Crippen LogP contribution is -1.82. The zero-order valence-electron chi connectivity index (χ0n) is 4.40. The summed E-state index contributed by atoms with van der Waals surface area (Å²) >= 11 is 0. The van der Waals surface area contributed by atoms with Crippen LogP contribution in [0.5, 0.6) is 0 Å². The minimum absolute atomic E-state index is 0.149. The van der Waals surface area contributed by atoms with Gasteiger partial charge < -0.3 is 0 Å². The quantitative estimate of drug-likeness (QED) is 0.473. The molecular formula is C6H8O. The molecule has 38 valence electrons. The molecule has 0 unspecified atom stereocenters. The van der Waals surface area contributed by atoms with Crippen molar-refractivity contribution in [3.05, 3.63) is 18.4 Å². The van der Waals surface area contributed by atoms with E-state index in [1.807, 2.05) is 0 Å². The van der Waals surface area contributed by atoms with Crippen LogP contribution in [0.2, 0.25) is 0 Å². The number of allylic oxidation sites excluding steroid dienone is 1. The normalized spacial score (nSPS) is 7.00. The highest BCUT2D eigenvalue weighted by molar-refractivity contribution is 5.76. The van der Waals surface area contributed by atoms with Gasteiger partial charge in [0.15, 0.2) is 0 Å². The van der Waals surface area contributed by atoms with Gasteiger partial charge in [-0.2, -0.15) is 0 Å². The summed E-state index contributed by atoms with van der Waals surface area (Å²) in [4.78, 5) is 10.1. The molecule has 0 atom stereocenters. The molecule has 0 N–H and O–H groups in total. The highest BCUT2D eigenvalue weighted by Crippen LogP contribution is 1.79. The van der Waals surface area contributed by atoms with Crippen molar-refractivity contribution in [3.8, 4) is 0 Å². The van der Waals surface area contributed by atoms with Crippen molar-refractivity contribution in [1.82, 2.24) is 0 Å². The number of carbonyl (C=O) groups is 1. The maximum absolute atomic E-state index is 10.1. The second-order valence-corrected chi connectivity index (χ2v) is 1.31. The lowest BCUT2D eigenvalue weighted by atomic mass is 10.3. The standard InChI is InChI=1S/C6H8O/c1-3-4-5-6(2)7/h4H,1,5H2,2H3. The van der Waals surface area contributed by atoms with Crippen LogP contribution in [0, 0.1) is 0 Å². The van der Waals surface area contributed by atoms with Crippen LogP contribution in [-0.4, -0.2) is 5.78 Å². The molecule has 0 spiro atoms. The first kappa shape index (κ1) is 6.19. The summed E-state index contributed by atoms with van der Waals surface area (Å²) < 4.78 is 0. The number of carbonyl (C=O) groups excluding carboxylic acids is 1. The molecule has 1 heteroatoms. The number of rotatable bonds is 2. The van der Waals surface area contributed by atoms with E-state index in [1.165, 1.54) is 6.92 Å². The molecule has 0 rings (SSSR count). The Hall–Kier alpha value is -0.810. The van der Waals surface area contributed by atoms with Crippen molar-refractivity contribution in [1.29, 1.82) is 0 Å². The fourth-order valence-corrected chi connectivity index (χ4v) is 0.216. The molecule has 0 aliphatic rings. The molecule has 0 fully saturated rings. The fraction of sp³-hybridized carbons (Fsp3) is 0.333. The van der Waals surface area contributed by atoms with Gasteiger partial charge in [-0.05, 0) is 13.0 Å². The number of hydrogen-bond acceptors (Lipinski definition) is 1. The first-order valence-electron chi connectivity index (χ1n) is 2.11. The Balaban J connectivity index is 3.32. The average molecular weight is 96.1 g/mol. The largest absolute Gasteiger partial charge is 0.300 e. The molecule has 0 aliphatic carbocycles. The van der Waals surface area contributed by atoms with Crippen LogP contribution in [0.4, 0.5) is 0 Å². The third-order valence-electron chi connectivity index (χ3n) is 0.534. The lowest BCUT2D eigenvalue weighted by Gasteiger charge is -1.75. The van der Waals surface area contributed by atoms with Gasteiger partial charge in [-0.15, -0.1) is 5.73 Å². The van der Waals surface area contributed by atoms with E-state index in [-0.39, 0.29) is 5.78 Å². The topological polar surface area (TPSA) is 17.1 Å². The van der Waals surface area contributed by atoms with Crippen molar-refractivity contribution in [2.45, 2.75) is 13.3 Å². The van der Waals surface area contributed by atoms with E-state index < -0.39 is 0 Å². The Morgan fingerprint density at radius 3 is 2.71 bits per heavy atom. The van der Waals surface area contributed by atoms with Crippen LogP contribution < -0.4 is 0 Å². The average Bonchev–Trinajstić information content (AvgIpc) is 1.61. The van der Waals surface area contributed by atoms with Crippen LogP contribution in [0.25, 0.3) is 0 Å². The van der Waals surface area contributed by atoms with Crippen LogP contribution in [0.3, 0.4) is 0 Å². The summed E-state index contributed by atoms with van der Waals surface area (Å²) in [5.41, 5.74) is 2.50. The van der Waals surface area contributed by atoms with E-state index in [9.17, 15) is 4.79 Å². The predicted octanol–water partition coefficient (Wildman–Crippen LogP) is 1.31. The van der Waals surface area contributed by atoms with Gasteiger partial charge in [-0.25, -0.2) is 0 Å². The molecular weight excluding hydrogens is 88.1 g/mol. The molecule has 0 aromatic carbocycles. The van der Waals surface area contributed by atoms with Crippen LogP contribution in [-0.2, 0) is 4.79 Å². The van der Waals surface area contributed by atoms with E-state index in [0.29, 0.717) is 6.42 Å². The van der Waals surface area contributed by atoms with Crippen LogP contribution in [0.15, 0.2) is 18.4 Å². The molecule has 0 aromatic heterocycles. The van der Waals surface area contributed by atoms with Crippen molar-refractivity contribution in [2.75, 3.05) is 0 Å². The molecule has 1 nitrogen and oxygen atoms in total. The van der Waals surface area contributed by atoms with Gasteiger partial charge in [0.1, 0.15) is 5.78 Å². The molecule has 0 bridgehead atoms. The summed E-state index contributed by atoms with van der Waals surface area (Å²) in [5, 5.41) is 0. The van der Waals surface area contributed by atoms with Gasteiger partial charge in [0, 0.05) is 6.42 Å². The minimum Gasteiger partial charge on any atom is -0.300 e. The molecule has 0 radical (unpaired) electrons. The third kappa shape index (κ3) is 5.19. The van der Waals surface area contributed by atoms with E-state index >= 15 is 0 Å². The van der Waals surface area contributed by atoms with E-state index in [4.69, 9.17) is 0 Å². The Labute approximate surface area is 43.3 Å². The van der Waals surface area contributed by atoms with Crippen molar-refractivity contribution < 1.29 is 4.79 Å². The monoisotopic (exact) mass is 96.1 g/mol. The summed E-state index contributed by atoms with van der Waals surface area (Å²) in [5.74, 6) is 0.149. The van der Waals surface area contributed by atoms with Gasteiger partial charge in [0.05, 0.1) is 0 Å². The molecule has 0 saturated carbocycles. The zero-order chi connectivity index (χ0) is 5.70. The van der Waals surface area contributed by atoms with E-state index in [0.717, 1.165) is 0 Å². The first-order valence-corrected chi connectivity index (χ1v) is 2.11. The fourth-order valence-electron chi connectivity index (χ4n) is 0.216. The van der Waals surface area contributed by atoms with Crippen LogP contribution in [0.1, 0.15) is 13.3 Å². The Kier molecular flexibility index (Phi) is 2.99. The van der Waals surface area contributed by atoms with Crippen LogP contribution >= 0.6 is 0 Å². The number of hydrogen-bond donors (Lipinski definition) is 0. The van der Waals surface area contributed by atoms with Crippen molar-refractivity contribution >= 4 is 5.78 Å². The van der Waals surface area contributed by atoms with Gasteiger partial charge in [0.2, 0.25) is 0 Å². The summed E-state index contributed by atoms with van der Waals surface area (Å²) in [6.45, 7) is 4.84. The molecule has 7 heavy (non-hydrogen) atoms. The third-order valence-corrected chi connectivity index (χ3v) is 0.534.